The van der Waals surface area contributed by atoms with Crippen LogP contribution in [0.3, 0.4) is 0 Å². The van der Waals surface area contributed by atoms with Crippen molar-refractivity contribution in [3.8, 4) is 0 Å². The number of urea groups is 1. The molecule has 0 saturated carbocycles. The van der Waals surface area contributed by atoms with Crippen LogP contribution < -0.4 is 0 Å². The first kappa shape index (κ1) is 12.1. The van der Waals surface area contributed by atoms with E-state index in [1.807, 2.05) is 14.0 Å². The van der Waals surface area contributed by atoms with E-state index in [1.54, 1.807) is 0 Å². The van der Waals surface area contributed by atoms with Crippen molar-refractivity contribution in [2.75, 3.05) is 33.4 Å². The van der Waals surface area contributed by atoms with E-state index >= 15 is 0 Å². The highest BCUT2D eigenvalue weighted by Gasteiger charge is 2.59. The highest BCUT2D eigenvalue weighted by atomic mass is 16.6. The molecule has 4 unspecified atom stereocenters. The molecule has 3 amide bonds. The summed E-state index contributed by atoms with van der Waals surface area (Å²) in [5, 5.41) is 0. The fourth-order valence-corrected chi connectivity index (χ4v) is 2.85. The number of epoxide rings is 2. The van der Waals surface area contributed by atoms with Gasteiger partial charge in [-0.2, -0.15) is 0 Å². The topological polar surface area (TPSA) is 62.4 Å². The fraction of sp³-hybridized carbons (Fsp3) is 0.833. The summed E-state index contributed by atoms with van der Waals surface area (Å²) >= 11 is 0. The van der Waals surface area contributed by atoms with Crippen molar-refractivity contribution < 1.29 is 23.5 Å². The molecule has 6 heteroatoms. The Balaban J connectivity index is 1.81. The molecule has 6 nitrogen and oxygen atoms in total. The summed E-state index contributed by atoms with van der Waals surface area (Å²) in [7, 11) is 1.85. The third kappa shape index (κ3) is 1.84. The van der Waals surface area contributed by atoms with E-state index in [2.05, 4.69) is 0 Å². The summed E-state index contributed by atoms with van der Waals surface area (Å²) in [6.45, 7) is 4.33. The van der Waals surface area contributed by atoms with Crippen molar-refractivity contribution in [3.05, 3.63) is 0 Å². The minimum absolute atomic E-state index is 0.0545. The predicted molar refractivity (Wildman–Crippen MR) is 61.7 cm³/mol. The van der Waals surface area contributed by atoms with Crippen LogP contribution in [0.15, 0.2) is 0 Å². The predicted octanol–water partition coefficient (Wildman–Crippen LogP) is -0.0286. The molecule has 0 spiro atoms. The maximum atomic E-state index is 12.5. The maximum Gasteiger partial charge on any atom is 0.426 e. The summed E-state index contributed by atoms with van der Waals surface area (Å²) in [5.41, 5.74) is 0. The van der Waals surface area contributed by atoms with Crippen LogP contribution in [-0.4, -0.2) is 72.9 Å². The van der Waals surface area contributed by atoms with Gasteiger partial charge in [0.15, 0.2) is 6.04 Å². The van der Waals surface area contributed by atoms with Gasteiger partial charge in [0.25, 0.3) is 5.91 Å². The van der Waals surface area contributed by atoms with Gasteiger partial charge in [-0.1, -0.05) is 6.92 Å². The second-order valence-electron chi connectivity index (χ2n) is 5.52. The number of amides is 3. The number of quaternary nitrogens is 1. The normalized spacial score (nSPS) is 42.6. The first-order chi connectivity index (χ1) is 8.56. The first-order valence-corrected chi connectivity index (χ1v) is 6.50. The van der Waals surface area contributed by atoms with E-state index in [9.17, 15) is 9.59 Å². The molecule has 0 bridgehead atoms. The molecule has 3 saturated heterocycles. The number of nitrogens with zero attached hydrogens (tertiary/aromatic N) is 2. The van der Waals surface area contributed by atoms with Gasteiger partial charge in [-0.15, -0.1) is 0 Å². The van der Waals surface area contributed by atoms with E-state index < -0.39 is 0 Å². The van der Waals surface area contributed by atoms with Gasteiger partial charge in [0, 0.05) is 6.42 Å². The van der Waals surface area contributed by atoms with Gasteiger partial charge in [0.2, 0.25) is 0 Å². The van der Waals surface area contributed by atoms with Gasteiger partial charge < -0.3 is 9.47 Å². The second kappa shape index (κ2) is 4.01. The van der Waals surface area contributed by atoms with Crippen LogP contribution in [-0.2, 0) is 14.3 Å². The molecular formula is C12H19N2O4+. The van der Waals surface area contributed by atoms with Gasteiger partial charge in [0.05, 0.1) is 32.9 Å². The fourth-order valence-electron chi connectivity index (χ4n) is 2.85. The van der Waals surface area contributed by atoms with E-state index in [-0.39, 0.29) is 34.7 Å². The summed E-state index contributed by atoms with van der Waals surface area (Å²) in [6.07, 6.45) is 0.868. The van der Waals surface area contributed by atoms with Gasteiger partial charge in [-0.25, -0.2) is 14.2 Å². The number of carbonyl (C=O) groups is 2. The van der Waals surface area contributed by atoms with Crippen molar-refractivity contribution >= 4 is 11.9 Å². The Bertz CT molecular complexity index is 392. The quantitative estimate of drug-likeness (QED) is 0.393. The standard InChI is InChI=1S/C12H19N2O4/c1-3-10-11(15)13(4-8-6-17-8)12(16)14(10,2)5-9-7-18-9/h8-10H,3-7H2,1-2H3/q+1. The van der Waals surface area contributed by atoms with Gasteiger partial charge in [-0.05, 0) is 0 Å². The highest BCUT2D eigenvalue weighted by molar-refractivity contribution is 5.99. The third-order valence-electron chi connectivity index (χ3n) is 4.07. The lowest BCUT2D eigenvalue weighted by molar-refractivity contribution is -0.842. The van der Waals surface area contributed by atoms with Crippen molar-refractivity contribution in [1.29, 1.82) is 0 Å². The summed E-state index contributed by atoms with van der Waals surface area (Å²) in [5.74, 6) is -0.0545. The van der Waals surface area contributed by atoms with Crippen LogP contribution in [0.4, 0.5) is 4.79 Å². The van der Waals surface area contributed by atoms with Crippen LogP contribution in [0.1, 0.15) is 13.3 Å². The zero-order chi connectivity index (χ0) is 12.9. The molecular weight excluding hydrogens is 236 g/mol. The van der Waals surface area contributed by atoms with Crippen molar-refractivity contribution in [2.24, 2.45) is 0 Å². The molecule has 3 fully saturated rings. The Hall–Kier alpha value is -0.980. The zero-order valence-electron chi connectivity index (χ0n) is 10.8. The lowest BCUT2D eigenvalue weighted by Crippen LogP contribution is -2.54. The molecule has 3 aliphatic rings. The largest absolute Gasteiger partial charge is 0.426 e. The lowest BCUT2D eigenvalue weighted by Gasteiger charge is -2.29. The summed E-state index contributed by atoms with van der Waals surface area (Å²) < 4.78 is 10.5. The number of ether oxygens (including phenoxy) is 2. The number of likely N-dealkylation sites (N-methyl/N-ethyl adjacent to an activating group) is 1. The Morgan fingerprint density at radius 3 is 2.39 bits per heavy atom. The molecule has 3 rings (SSSR count). The van der Waals surface area contributed by atoms with Crippen LogP contribution in [0.2, 0.25) is 0 Å². The molecule has 3 aliphatic heterocycles. The number of hydrogen-bond donors (Lipinski definition) is 0. The molecule has 0 aromatic rings. The van der Waals surface area contributed by atoms with Crippen LogP contribution in [0.25, 0.3) is 0 Å². The average molecular weight is 255 g/mol. The van der Waals surface area contributed by atoms with E-state index in [0.717, 1.165) is 0 Å². The van der Waals surface area contributed by atoms with E-state index in [0.29, 0.717) is 32.7 Å². The number of rotatable bonds is 5. The highest BCUT2D eigenvalue weighted by Crippen LogP contribution is 2.31. The minimum atomic E-state index is -0.263. The van der Waals surface area contributed by atoms with Crippen LogP contribution in [0.5, 0.6) is 0 Å². The van der Waals surface area contributed by atoms with Crippen molar-refractivity contribution in [1.82, 2.24) is 4.90 Å². The molecule has 100 valence electrons. The molecule has 3 heterocycles. The minimum Gasteiger partial charge on any atom is -0.371 e. The lowest BCUT2D eigenvalue weighted by atomic mass is 10.1. The molecule has 0 aromatic carbocycles. The number of imide groups is 1. The van der Waals surface area contributed by atoms with E-state index in [1.165, 1.54) is 4.90 Å². The Labute approximate surface area is 106 Å². The number of carbonyl (C=O) groups excluding carboxylic acids is 2. The number of hydrogen-bond acceptors (Lipinski definition) is 4. The van der Waals surface area contributed by atoms with Crippen molar-refractivity contribution in [2.45, 2.75) is 31.6 Å². The monoisotopic (exact) mass is 255 g/mol. The molecule has 0 aliphatic carbocycles. The summed E-state index contributed by atoms with van der Waals surface area (Å²) in [6, 6.07) is -0.363. The van der Waals surface area contributed by atoms with Gasteiger partial charge >= 0.3 is 6.03 Å². The van der Waals surface area contributed by atoms with Gasteiger partial charge in [0.1, 0.15) is 12.6 Å². The van der Waals surface area contributed by atoms with Gasteiger partial charge in [-0.3, -0.25) is 4.79 Å². The van der Waals surface area contributed by atoms with Crippen LogP contribution >= 0.6 is 0 Å². The van der Waals surface area contributed by atoms with E-state index in [4.69, 9.17) is 9.47 Å². The third-order valence-corrected chi connectivity index (χ3v) is 4.07. The Morgan fingerprint density at radius 1 is 1.28 bits per heavy atom. The van der Waals surface area contributed by atoms with Crippen molar-refractivity contribution in [3.63, 3.8) is 0 Å². The molecule has 0 radical (unpaired) electrons. The molecule has 0 N–H and O–H groups in total. The molecule has 0 aromatic heterocycles. The summed E-state index contributed by atoms with van der Waals surface area (Å²) in [4.78, 5) is 26.2. The second-order valence-corrected chi connectivity index (χ2v) is 5.52. The SMILES string of the molecule is CCC1C(=O)N(CC2CO2)C(=O)[N+]1(C)CC1CO1. The maximum absolute atomic E-state index is 12.5. The first-order valence-electron chi connectivity index (χ1n) is 6.50. The molecule has 4 atom stereocenters. The Morgan fingerprint density at radius 2 is 1.89 bits per heavy atom. The zero-order valence-corrected chi connectivity index (χ0v) is 10.8. The smallest absolute Gasteiger partial charge is 0.371 e. The Kier molecular flexibility index (Phi) is 2.69. The molecule has 18 heavy (non-hydrogen) atoms. The van der Waals surface area contributed by atoms with Crippen LogP contribution in [0, 0.1) is 0 Å². The average Bonchev–Trinajstić information content (AvgIpc) is 3.19.